The number of carbonyl (C=O) groups excluding carboxylic acids is 2. The zero-order valence-electron chi connectivity index (χ0n) is 9.90. The summed E-state index contributed by atoms with van der Waals surface area (Å²) in [7, 11) is 0. The van der Waals surface area contributed by atoms with Crippen molar-refractivity contribution in [1.82, 2.24) is 0 Å². The van der Waals surface area contributed by atoms with Crippen LogP contribution in [0.25, 0.3) is 0 Å². The van der Waals surface area contributed by atoms with Crippen molar-refractivity contribution in [2.24, 2.45) is 5.73 Å². The van der Waals surface area contributed by atoms with Crippen LogP contribution in [0.5, 0.6) is 0 Å². The molecule has 0 fully saturated rings. The molecule has 0 aliphatic rings. The van der Waals surface area contributed by atoms with Crippen LogP contribution in [-0.4, -0.2) is 17.7 Å². The smallest absolute Gasteiger partial charge is 0.225 e. The summed E-state index contributed by atoms with van der Waals surface area (Å²) in [4.78, 5) is 22.6. The molecule has 0 saturated carbocycles. The van der Waals surface area contributed by atoms with E-state index in [2.05, 4.69) is 5.32 Å². The first kappa shape index (κ1) is 15.6. The van der Waals surface area contributed by atoms with Crippen LogP contribution in [-0.2, 0) is 4.79 Å². The zero-order chi connectivity index (χ0) is 12.1. The minimum Gasteiger partial charge on any atom is -0.327 e. The predicted octanol–water partition coefficient (Wildman–Crippen LogP) is 1.99. The monoisotopic (exact) mass is 256 g/mol. The highest BCUT2D eigenvalue weighted by Gasteiger charge is 2.06. The van der Waals surface area contributed by atoms with Crippen molar-refractivity contribution in [3.8, 4) is 0 Å². The van der Waals surface area contributed by atoms with Crippen LogP contribution in [0.3, 0.4) is 0 Å². The topological polar surface area (TPSA) is 72.2 Å². The summed E-state index contributed by atoms with van der Waals surface area (Å²) >= 11 is 0. The normalized spacial score (nSPS) is 11.2. The highest BCUT2D eigenvalue weighted by molar-refractivity contribution is 5.97. The van der Waals surface area contributed by atoms with Crippen LogP contribution in [0.15, 0.2) is 24.3 Å². The molecule has 0 aliphatic carbocycles. The van der Waals surface area contributed by atoms with E-state index < -0.39 is 0 Å². The van der Waals surface area contributed by atoms with Crippen molar-refractivity contribution < 1.29 is 9.59 Å². The van der Waals surface area contributed by atoms with Crippen LogP contribution < -0.4 is 11.1 Å². The molecule has 0 radical (unpaired) electrons. The van der Waals surface area contributed by atoms with E-state index in [-0.39, 0.29) is 36.6 Å². The summed E-state index contributed by atoms with van der Waals surface area (Å²) in [6.45, 7) is 3.26. The summed E-state index contributed by atoms with van der Waals surface area (Å²) in [5.74, 6) is -0.168. The zero-order valence-corrected chi connectivity index (χ0v) is 10.7. The minimum absolute atomic E-state index is 0. The van der Waals surface area contributed by atoms with Gasteiger partial charge < -0.3 is 11.1 Å². The molecule has 1 aromatic carbocycles. The summed E-state index contributed by atoms with van der Waals surface area (Å²) in [6.07, 6.45) is 0.268. The Morgan fingerprint density at radius 3 is 2.59 bits per heavy atom. The molecule has 0 aromatic heterocycles. The molecular formula is C12H17ClN2O2. The number of nitrogens with two attached hydrogens (primary N) is 1. The number of nitrogens with one attached hydrogen (secondary N) is 1. The molecule has 4 nitrogen and oxygen atoms in total. The average molecular weight is 257 g/mol. The van der Waals surface area contributed by atoms with Gasteiger partial charge in [0.05, 0.1) is 0 Å². The molecule has 1 rings (SSSR count). The van der Waals surface area contributed by atoms with Crippen LogP contribution in [0.2, 0.25) is 0 Å². The Morgan fingerprint density at radius 2 is 2.06 bits per heavy atom. The Balaban J connectivity index is 0.00000256. The number of halogens is 1. The standard InChI is InChI=1S/C12H16N2O2.ClH/c1-8(13)6-12(16)14-11-5-3-4-10(7-11)9(2)15;/h3-5,7-8H,6,13H2,1-2H3,(H,14,16);1H. The molecule has 0 aliphatic heterocycles. The molecule has 17 heavy (non-hydrogen) atoms. The molecule has 1 atom stereocenters. The van der Waals surface area contributed by atoms with Crippen molar-refractivity contribution in [3.05, 3.63) is 29.8 Å². The summed E-state index contributed by atoms with van der Waals surface area (Å²) in [5.41, 5.74) is 6.72. The van der Waals surface area contributed by atoms with Gasteiger partial charge in [0.15, 0.2) is 5.78 Å². The molecular weight excluding hydrogens is 240 g/mol. The number of amides is 1. The van der Waals surface area contributed by atoms with E-state index in [0.29, 0.717) is 11.3 Å². The second-order valence-electron chi connectivity index (χ2n) is 3.87. The molecule has 1 aromatic rings. The average Bonchev–Trinajstić information content (AvgIpc) is 2.16. The lowest BCUT2D eigenvalue weighted by atomic mass is 10.1. The van der Waals surface area contributed by atoms with Crippen molar-refractivity contribution >= 4 is 29.8 Å². The molecule has 0 bridgehead atoms. The highest BCUT2D eigenvalue weighted by Crippen LogP contribution is 2.11. The van der Waals surface area contributed by atoms with Gasteiger partial charge in [0, 0.05) is 23.7 Å². The Kier molecular flexibility index (Phi) is 6.46. The van der Waals surface area contributed by atoms with E-state index in [1.165, 1.54) is 6.92 Å². The predicted molar refractivity (Wildman–Crippen MR) is 70.6 cm³/mol. The second-order valence-corrected chi connectivity index (χ2v) is 3.87. The molecule has 5 heteroatoms. The van der Waals surface area contributed by atoms with Crippen LogP contribution in [0.1, 0.15) is 30.6 Å². The van der Waals surface area contributed by atoms with Crippen LogP contribution >= 0.6 is 12.4 Å². The Labute approximate surface area is 107 Å². The SMILES string of the molecule is CC(=O)c1cccc(NC(=O)CC(C)N)c1.Cl. The number of ketones is 1. The van der Waals surface area contributed by atoms with E-state index >= 15 is 0 Å². The number of carbonyl (C=O) groups is 2. The van der Waals surface area contributed by atoms with E-state index in [0.717, 1.165) is 0 Å². The summed E-state index contributed by atoms with van der Waals surface area (Å²) < 4.78 is 0. The third-order valence-electron chi connectivity index (χ3n) is 2.06. The quantitative estimate of drug-likeness (QED) is 0.810. The van der Waals surface area contributed by atoms with Gasteiger partial charge in [0.25, 0.3) is 0 Å². The minimum atomic E-state index is -0.170. The lowest BCUT2D eigenvalue weighted by Crippen LogP contribution is -2.24. The summed E-state index contributed by atoms with van der Waals surface area (Å²) in [5, 5.41) is 2.70. The molecule has 1 amide bonds. The largest absolute Gasteiger partial charge is 0.327 e. The molecule has 0 spiro atoms. The van der Waals surface area contributed by atoms with E-state index in [9.17, 15) is 9.59 Å². The van der Waals surface area contributed by atoms with E-state index in [1.807, 2.05) is 0 Å². The Morgan fingerprint density at radius 1 is 1.41 bits per heavy atom. The Hall–Kier alpha value is -1.39. The third-order valence-corrected chi connectivity index (χ3v) is 2.06. The van der Waals surface area contributed by atoms with E-state index in [1.54, 1.807) is 31.2 Å². The maximum atomic E-state index is 11.4. The van der Waals surface area contributed by atoms with Gasteiger partial charge in [-0.15, -0.1) is 12.4 Å². The van der Waals surface area contributed by atoms with Crippen LogP contribution in [0.4, 0.5) is 5.69 Å². The third kappa shape index (κ3) is 5.47. The number of benzene rings is 1. The van der Waals surface area contributed by atoms with Gasteiger partial charge in [0.1, 0.15) is 0 Å². The van der Waals surface area contributed by atoms with Crippen molar-refractivity contribution in [3.63, 3.8) is 0 Å². The van der Waals surface area contributed by atoms with Gasteiger partial charge in [-0.3, -0.25) is 9.59 Å². The fourth-order valence-corrected chi connectivity index (χ4v) is 1.32. The van der Waals surface area contributed by atoms with Gasteiger partial charge in [-0.05, 0) is 26.0 Å². The molecule has 1 unspecified atom stereocenters. The lowest BCUT2D eigenvalue weighted by Gasteiger charge is -2.07. The summed E-state index contributed by atoms with van der Waals surface area (Å²) in [6, 6.07) is 6.67. The fourth-order valence-electron chi connectivity index (χ4n) is 1.32. The number of rotatable bonds is 4. The number of Topliss-reactive ketones (excluding diaryl/α,β-unsaturated/α-hetero) is 1. The van der Waals surface area contributed by atoms with Gasteiger partial charge in [-0.2, -0.15) is 0 Å². The van der Waals surface area contributed by atoms with Gasteiger partial charge in [0.2, 0.25) is 5.91 Å². The molecule has 0 saturated heterocycles. The second kappa shape index (κ2) is 7.04. The van der Waals surface area contributed by atoms with Crippen molar-refractivity contribution in [1.29, 1.82) is 0 Å². The number of anilines is 1. The van der Waals surface area contributed by atoms with Gasteiger partial charge in [-0.25, -0.2) is 0 Å². The molecule has 3 N–H and O–H groups in total. The Bertz CT molecular complexity index is 405. The lowest BCUT2D eigenvalue weighted by molar-refractivity contribution is -0.116. The van der Waals surface area contributed by atoms with Crippen LogP contribution in [0, 0.1) is 0 Å². The fraction of sp³-hybridized carbons (Fsp3) is 0.333. The maximum Gasteiger partial charge on any atom is 0.225 e. The van der Waals surface area contributed by atoms with Crippen molar-refractivity contribution in [2.75, 3.05) is 5.32 Å². The first-order chi connectivity index (χ1) is 7.49. The van der Waals surface area contributed by atoms with Gasteiger partial charge >= 0.3 is 0 Å². The van der Waals surface area contributed by atoms with E-state index in [4.69, 9.17) is 5.73 Å². The number of hydrogen-bond donors (Lipinski definition) is 2. The maximum absolute atomic E-state index is 11.4. The first-order valence-corrected chi connectivity index (χ1v) is 5.15. The highest BCUT2D eigenvalue weighted by atomic mass is 35.5. The molecule has 94 valence electrons. The number of hydrogen-bond acceptors (Lipinski definition) is 3. The molecule has 0 heterocycles. The van der Waals surface area contributed by atoms with Gasteiger partial charge in [-0.1, -0.05) is 12.1 Å². The van der Waals surface area contributed by atoms with Crippen molar-refractivity contribution in [2.45, 2.75) is 26.3 Å². The first-order valence-electron chi connectivity index (χ1n) is 5.15.